The van der Waals surface area contributed by atoms with Gasteiger partial charge in [0.1, 0.15) is 0 Å². The molecule has 2 N–H and O–H groups in total. The van der Waals surface area contributed by atoms with E-state index in [1.54, 1.807) is 6.20 Å². The molecule has 114 valence electrons. The van der Waals surface area contributed by atoms with Gasteiger partial charge in [0.25, 0.3) is 0 Å². The van der Waals surface area contributed by atoms with E-state index in [1.165, 1.54) is 0 Å². The van der Waals surface area contributed by atoms with E-state index < -0.39 is 0 Å². The standard InChI is InChI=1S/C17H24BrN3/c1-11(2)9-21(10-12(3)4)17-14-7-13(18)5-6-16(14)20-8-15(17)19/h5-8,11-12H,9-10,19H2,1-4H3. The average Bonchev–Trinajstić information content (AvgIpc) is 2.36. The first-order chi connectivity index (χ1) is 9.88. The van der Waals surface area contributed by atoms with E-state index >= 15 is 0 Å². The second-order valence-corrected chi connectivity index (χ2v) is 7.33. The first-order valence-electron chi connectivity index (χ1n) is 7.47. The molecule has 0 fully saturated rings. The van der Waals surface area contributed by atoms with Crippen molar-refractivity contribution in [1.82, 2.24) is 4.98 Å². The van der Waals surface area contributed by atoms with Gasteiger partial charge in [0.15, 0.2) is 0 Å². The Bertz CT molecular complexity index is 607. The molecule has 4 heteroatoms. The highest BCUT2D eigenvalue weighted by Gasteiger charge is 2.17. The summed E-state index contributed by atoms with van der Waals surface area (Å²) in [5, 5.41) is 1.12. The van der Waals surface area contributed by atoms with E-state index in [9.17, 15) is 0 Å². The van der Waals surface area contributed by atoms with Crippen LogP contribution in [0.2, 0.25) is 0 Å². The van der Waals surface area contributed by atoms with Crippen LogP contribution in [0.1, 0.15) is 27.7 Å². The monoisotopic (exact) mass is 349 g/mol. The highest BCUT2D eigenvalue weighted by Crippen LogP contribution is 2.34. The number of nitrogen functional groups attached to an aromatic ring is 1. The molecule has 0 amide bonds. The molecule has 0 aliphatic carbocycles. The molecule has 0 saturated heterocycles. The summed E-state index contributed by atoms with van der Waals surface area (Å²) in [6, 6.07) is 6.16. The van der Waals surface area contributed by atoms with Gasteiger partial charge < -0.3 is 10.6 Å². The molecule has 0 saturated carbocycles. The number of halogens is 1. The summed E-state index contributed by atoms with van der Waals surface area (Å²) < 4.78 is 1.05. The van der Waals surface area contributed by atoms with Crippen molar-refractivity contribution in [3.63, 3.8) is 0 Å². The SMILES string of the molecule is CC(C)CN(CC(C)C)c1c(N)cnc2ccc(Br)cc12. The van der Waals surface area contributed by atoms with E-state index in [2.05, 4.69) is 59.6 Å². The molecule has 0 unspecified atom stereocenters. The number of nitrogens with zero attached hydrogens (tertiary/aromatic N) is 2. The third kappa shape index (κ3) is 3.88. The van der Waals surface area contributed by atoms with Crippen LogP contribution in [0.25, 0.3) is 10.9 Å². The second kappa shape index (κ2) is 6.65. The summed E-state index contributed by atoms with van der Waals surface area (Å²) in [4.78, 5) is 6.85. The lowest BCUT2D eigenvalue weighted by Gasteiger charge is -2.30. The van der Waals surface area contributed by atoms with E-state index in [0.717, 1.165) is 39.8 Å². The van der Waals surface area contributed by atoms with Gasteiger partial charge in [0.2, 0.25) is 0 Å². The van der Waals surface area contributed by atoms with Gasteiger partial charge in [-0.2, -0.15) is 0 Å². The molecule has 0 bridgehead atoms. The van der Waals surface area contributed by atoms with Gasteiger partial charge in [-0.05, 0) is 30.0 Å². The number of anilines is 2. The third-order valence-corrected chi connectivity index (χ3v) is 3.81. The van der Waals surface area contributed by atoms with Crippen LogP contribution in [0.4, 0.5) is 11.4 Å². The summed E-state index contributed by atoms with van der Waals surface area (Å²) in [6.45, 7) is 10.9. The molecule has 0 aliphatic rings. The van der Waals surface area contributed by atoms with Crippen molar-refractivity contribution in [2.45, 2.75) is 27.7 Å². The maximum atomic E-state index is 6.27. The molecule has 0 spiro atoms. The molecule has 1 aromatic carbocycles. The van der Waals surface area contributed by atoms with E-state index in [0.29, 0.717) is 11.8 Å². The molecule has 2 aromatic rings. The van der Waals surface area contributed by atoms with E-state index in [1.807, 2.05) is 12.1 Å². The van der Waals surface area contributed by atoms with Crippen molar-refractivity contribution in [2.24, 2.45) is 11.8 Å². The number of fused-ring (bicyclic) bond motifs is 1. The Morgan fingerprint density at radius 1 is 1.14 bits per heavy atom. The Morgan fingerprint density at radius 2 is 1.76 bits per heavy atom. The van der Waals surface area contributed by atoms with Gasteiger partial charge in [-0.25, -0.2) is 0 Å². The maximum Gasteiger partial charge on any atom is 0.0745 e. The van der Waals surface area contributed by atoms with Crippen molar-refractivity contribution in [1.29, 1.82) is 0 Å². The molecule has 2 rings (SSSR count). The van der Waals surface area contributed by atoms with Crippen LogP contribution in [0.3, 0.4) is 0 Å². The van der Waals surface area contributed by atoms with Crippen molar-refractivity contribution >= 4 is 38.2 Å². The van der Waals surface area contributed by atoms with Crippen LogP contribution in [0.15, 0.2) is 28.9 Å². The number of nitrogens with two attached hydrogens (primary N) is 1. The molecule has 0 aliphatic heterocycles. The predicted molar refractivity (Wildman–Crippen MR) is 95.7 cm³/mol. The Balaban J connectivity index is 2.59. The molecule has 0 radical (unpaired) electrons. The van der Waals surface area contributed by atoms with Crippen molar-refractivity contribution < 1.29 is 0 Å². The highest BCUT2D eigenvalue weighted by atomic mass is 79.9. The first kappa shape index (κ1) is 16.1. The van der Waals surface area contributed by atoms with Crippen molar-refractivity contribution in [2.75, 3.05) is 23.7 Å². The number of aromatic nitrogens is 1. The summed E-state index contributed by atoms with van der Waals surface area (Å²) >= 11 is 3.55. The molecule has 21 heavy (non-hydrogen) atoms. The summed E-state index contributed by atoms with van der Waals surface area (Å²) in [7, 11) is 0. The van der Waals surface area contributed by atoms with E-state index in [4.69, 9.17) is 5.73 Å². The highest BCUT2D eigenvalue weighted by molar-refractivity contribution is 9.10. The Morgan fingerprint density at radius 3 is 2.33 bits per heavy atom. The molecular formula is C17H24BrN3. The van der Waals surface area contributed by atoms with Gasteiger partial charge in [-0.15, -0.1) is 0 Å². The molecule has 1 aromatic heterocycles. The smallest absolute Gasteiger partial charge is 0.0745 e. The zero-order chi connectivity index (χ0) is 15.6. The van der Waals surface area contributed by atoms with Crippen LogP contribution >= 0.6 is 15.9 Å². The van der Waals surface area contributed by atoms with Gasteiger partial charge in [-0.1, -0.05) is 43.6 Å². The number of hydrogen-bond acceptors (Lipinski definition) is 3. The second-order valence-electron chi connectivity index (χ2n) is 6.42. The lowest BCUT2D eigenvalue weighted by Crippen LogP contribution is -2.32. The quantitative estimate of drug-likeness (QED) is 0.850. The van der Waals surface area contributed by atoms with Crippen LogP contribution in [0, 0.1) is 11.8 Å². The number of pyridine rings is 1. The fourth-order valence-electron chi connectivity index (χ4n) is 2.66. The minimum Gasteiger partial charge on any atom is -0.396 e. The number of benzene rings is 1. The average molecular weight is 350 g/mol. The molecular weight excluding hydrogens is 326 g/mol. The van der Waals surface area contributed by atoms with Crippen LogP contribution < -0.4 is 10.6 Å². The van der Waals surface area contributed by atoms with Gasteiger partial charge in [0.05, 0.1) is 23.1 Å². The zero-order valence-electron chi connectivity index (χ0n) is 13.2. The van der Waals surface area contributed by atoms with Gasteiger partial charge in [-0.3, -0.25) is 4.98 Å². The minimum atomic E-state index is 0.582. The largest absolute Gasteiger partial charge is 0.396 e. The topological polar surface area (TPSA) is 42.1 Å². The number of rotatable bonds is 5. The van der Waals surface area contributed by atoms with Crippen molar-refractivity contribution in [3.05, 3.63) is 28.9 Å². The van der Waals surface area contributed by atoms with Crippen molar-refractivity contribution in [3.8, 4) is 0 Å². The maximum absolute atomic E-state index is 6.27. The summed E-state index contributed by atoms with van der Waals surface area (Å²) in [5.41, 5.74) is 9.12. The lowest BCUT2D eigenvalue weighted by molar-refractivity contribution is 0.554. The van der Waals surface area contributed by atoms with Gasteiger partial charge in [0, 0.05) is 22.9 Å². The molecule has 0 atom stereocenters. The fraction of sp³-hybridized carbons (Fsp3) is 0.471. The van der Waals surface area contributed by atoms with Crippen LogP contribution in [-0.4, -0.2) is 18.1 Å². The summed E-state index contributed by atoms with van der Waals surface area (Å²) in [5.74, 6) is 1.16. The van der Waals surface area contributed by atoms with E-state index in [-0.39, 0.29) is 0 Å². The minimum absolute atomic E-state index is 0.582. The third-order valence-electron chi connectivity index (χ3n) is 3.32. The van der Waals surface area contributed by atoms with Crippen LogP contribution in [0.5, 0.6) is 0 Å². The fourth-order valence-corrected chi connectivity index (χ4v) is 3.02. The normalized spacial score (nSPS) is 11.6. The zero-order valence-corrected chi connectivity index (χ0v) is 14.8. The summed E-state index contributed by atoms with van der Waals surface area (Å²) in [6.07, 6.45) is 1.78. The Labute approximate surface area is 135 Å². The predicted octanol–water partition coefficient (Wildman–Crippen LogP) is 4.70. The van der Waals surface area contributed by atoms with Crippen LogP contribution in [-0.2, 0) is 0 Å². The molecule has 3 nitrogen and oxygen atoms in total. The Hall–Kier alpha value is -1.29. The lowest BCUT2D eigenvalue weighted by atomic mass is 10.1. The number of hydrogen-bond donors (Lipinski definition) is 1. The first-order valence-corrected chi connectivity index (χ1v) is 8.26. The van der Waals surface area contributed by atoms with Gasteiger partial charge >= 0.3 is 0 Å². The Kier molecular flexibility index (Phi) is 5.09. The molecule has 1 heterocycles.